The van der Waals surface area contributed by atoms with Gasteiger partial charge < -0.3 is 4.74 Å². The largest absolute Gasteiger partial charge is 0.497 e. The van der Waals surface area contributed by atoms with E-state index in [1.165, 1.54) is 0 Å². The van der Waals surface area contributed by atoms with Crippen LogP contribution in [0.25, 0.3) is 10.8 Å². The van der Waals surface area contributed by atoms with Crippen LogP contribution in [0.4, 0.5) is 5.69 Å². The second-order valence-electron chi connectivity index (χ2n) is 4.99. The smallest absolute Gasteiger partial charge is 0.261 e. The topological polar surface area (TPSA) is 55.4 Å². The fourth-order valence-electron chi connectivity index (χ4n) is 2.26. The van der Waals surface area contributed by atoms with Crippen molar-refractivity contribution in [2.45, 2.75) is 4.90 Å². The van der Waals surface area contributed by atoms with E-state index in [-0.39, 0.29) is 4.90 Å². The van der Waals surface area contributed by atoms with Crippen LogP contribution >= 0.6 is 15.9 Å². The zero-order chi connectivity index (χ0) is 16.4. The Labute approximate surface area is 143 Å². The molecule has 118 valence electrons. The predicted molar refractivity (Wildman–Crippen MR) is 95.5 cm³/mol. The van der Waals surface area contributed by atoms with Gasteiger partial charge in [-0.3, -0.25) is 4.72 Å². The van der Waals surface area contributed by atoms with E-state index in [2.05, 4.69) is 20.7 Å². The van der Waals surface area contributed by atoms with Crippen LogP contribution in [0.5, 0.6) is 5.75 Å². The monoisotopic (exact) mass is 391 g/mol. The SMILES string of the molecule is COc1ccc2cc(S(=O)(=O)Nc3cccc(Br)c3)ccc2c1. The molecule has 3 aromatic rings. The normalized spacial score (nSPS) is 11.4. The van der Waals surface area contributed by atoms with Crippen molar-refractivity contribution in [3.63, 3.8) is 0 Å². The summed E-state index contributed by atoms with van der Waals surface area (Å²) < 4.78 is 33.6. The fourth-order valence-corrected chi connectivity index (χ4v) is 3.75. The van der Waals surface area contributed by atoms with Crippen molar-refractivity contribution in [2.75, 3.05) is 11.8 Å². The molecule has 0 spiro atoms. The first-order chi connectivity index (χ1) is 11.0. The van der Waals surface area contributed by atoms with Gasteiger partial charge in [0.05, 0.1) is 12.0 Å². The predicted octanol–water partition coefficient (Wildman–Crippen LogP) is 4.41. The van der Waals surface area contributed by atoms with Gasteiger partial charge >= 0.3 is 0 Å². The number of hydrogen-bond donors (Lipinski definition) is 1. The molecule has 1 N–H and O–H groups in total. The molecule has 0 aliphatic rings. The van der Waals surface area contributed by atoms with Gasteiger partial charge in [0.15, 0.2) is 0 Å². The van der Waals surface area contributed by atoms with E-state index in [0.717, 1.165) is 21.0 Å². The Hall–Kier alpha value is -2.05. The Bertz CT molecular complexity index is 970. The van der Waals surface area contributed by atoms with Crippen LogP contribution in [0.2, 0.25) is 0 Å². The van der Waals surface area contributed by atoms with Crippen LogP contribution < -0.4 is 9.46 Å². The molecule has 0 amide bonds. The van der Waals surface area contributed by atoms with E-state index < -0.39 is 10.0 Å². The third-order valence-electron chi connectivity index (χ3n) is 3.41. The molecule has 6 heteroatoms. The summed E-state index contributed by atoms with van der Waals surface area (Å²) in [5, 5.41) is 1.76. The summed E-state index contributed by atoms with van der Waals surface area (Å²) in [7, 11) is -2.04. The van der Waals surface area contributed by atoms with Gasteiger partial charge in [-0.25, -0.2) is 8.42 Å². The highest BCUT2D eigenvalue weighted by molar-refractivity contribution is 9.10. The van der Waals surface area contributed by atoms with E-state index in [4.69, 9.17) is 4.74 Å². The average Bonchev–Trinajstić information content (AvgIpc) is 2.53. The van der Waals surface area contributed by atoms with Crippen LogP contribution in [-0.4, -0.2) is 15.5 Å². The van der Waals surface area contributed by atoms with Crippen molar-refractivity contribution >= 4 is 42.4 Å². The second-order valence-corrected chi connectivity index (χ2v) is 7.59. The van der Waals surface area contributed by atoms with Gasteiger partial charge in [0.25, 0.3) is 10.0 Å². The number of anilines is 1. The van der Waals surface area contributed by atoms with Crippen molar-refractivity contribution in [1.29, 1.82) is 0 Å². The van der Waals surface area contributed by atoms with Gasteiger partial charge in [-0.1, -0.05) is 34.1 Å². The molecule has 0 atom stereocenters. The van der Waals surface area contributed by atoms with E-state index in [9.17, 15) is 8.42 Å². The number of hydrogen-bond acceptors (Lipinski definition) is 3. The van der Waals surface area contributed by atoms with Crippen molar-refractivity contribution < 1.29 is 13.2 Å². The first-order valence-corrected chi connectivity index (χ1v) is 9.12. The Balaban J connectivity index is 1.97. The van der Waals surface area contributed by atoms with Crippen LogP contribution in [0, 0.1) is 0 Å². The summed E-state index contributed by atoms with van der Waals surface area (Å²) in [4.78, 5) is 0.218. The van der Waals surface area contributed by atoms with Gasteiger partial charge in [0.2, 0.25) is 0 Å². The van der Waals surface area contributed by atoms with Gasteiger partial charge in [-0.05, 0) is 53.2 Å². The van der Waals surface area contributed by atoms with Gasteiger partial charge in [0, 0.05) is 10.2 Å². The van der Waals surface area contributed by atoms with Crippen LogP contribution in [0.1, 0.15) is 0 Å². The highest BCUT2D eigenvalue weighted by Gasteiger charge is 2.15. The number of methoxy groups -OCH3 is 1. The lowest BCUT2D eigenvalue weighted by molar-refractivity contribution is 0.415. The molecule has 3 rings (SSSR count). The molecule has 0 radical (unpaired) electrons. The number of halogens is 1. The van der Waals surface area contributed by atoms with Crippen LogP contribution in [-0.2, 0) is 10.0 Å². The highest BCUT2D eigenvalue weighted by atomic mass is 79.9. The number of ether oxygens (including phenoxy) is 1. The maximum atomic E-state index is 12.5. The molecule has 0 bridgehead atoms. The molecular weight excluding hydrogens is 378 g/mol. The lowest BCUT2D eigenvalue weighted by Gasteiger charge is -2.10. The highest BCUT2D eigenvalue weighted by Crippen LogP contribution is 2.25. The standard InChI is InChI=1S/C17H14BrNO3S/c1-22-16-7-5-13-10-17(8-6-12(13)9-16)23(20,21)19-15-4-2-3-14(18)11-15/h2-11,19H,1H3. The maximum absolute atomic E-state index is 12.5. The Morgan fingerprint density at radius 1 is 0.957 bits per heavy atom. The number of sulfonamides is 1. The van der Waals surface area contributed by atoms with E-state index >= 15 is 0 Å². The Kier molecular flexibility index (Phi) is 4.28. The Morgan fingerprint density at radius 3 is 2.43 bits per heavy atom. The quantitative estimate of drug-likeness (QED) is 0.716. The van der Waals surface area contributed by atoms with E-state index in [0.29, 0.717) is 5.69 Å². The summed E-state index contributed by atoms with van der Waals surface area (Å²) in [6, 6.07) is 17.5. The van der Waals surface area contributed by atoms with E-state index in [1.807, 2.05) is 18.2 Å². The van der Waals surface area contributed by atoms with Crippen LogP contribution in [0.15, 0.2) is 70.0 Å². The molecule has 0 heterocycles. The maximum Gasteiger partial charge on any atom is 0.261 e. The molecule has 0 aromatic heterocycles. The summed E-state index contributed by atoms with van der Waals surface area (Å²) in [6.45, 7) is 0. The molecule has 0 fully saturated rings. The first kappa shape index (κ1) is 15.8. The minimum atomic E-state index is -3.64. The first-order valence-electron chi connectivity index (χ1n) is 6.84. The summed E-state index contributed by atoms with van der Waals surface area (Å²) in [5.74, 6) is 0.736. The number of benzene rings is 3. The molecule has 3 aromatic carbocycles. The fraction of sp³-hybridized carbons (Fsp3) is 0.0588. The molecule has 0 saturated heterocycles. The summed E-state index contributed by atoms with van der Waals surface area (Å²) >= 11 is 3.33. The van der Waals surface area contributed by atoms with Gasteiger partial charge in [-0.2, -0.15) is 0 Å². The molecule has 23 heavy (non-hydrogen) atoms. The number of fused-ring (bicyclic) bond motifs is 1. The molecular formula is C17H14BrNO3S. The lowest BCUT2D eigenvalue weighted by atomic mass is 10.1. The molecule has 0 aliphatic carbocycles. The second kappa shape index (κ2) is 6.22. The van der Waals surface area contributed by atoms with E-state index in [1.54, 1.807) is 49.6 Å². The lowest BCUT2D eigenvalue weighted by Crippen LogP contribution is -2.12. The molecule has 0 saturated carbocycles. The average molecular weight is 392 g/mol. The zero-order valence-electron chi connectivity index (χ0n) is 12.3. The van der Waals surface area contributed by atoms with Gasteiger partial charge in [0.1, 0.15) is 5.75 Å². The van der Waals surface area contributed by atoms with Crippen molar-refractivity contribution in [3.8, 4) is 5.75 Å². The van der Waals surface area contributed by atoms with Crippen molar-refractivity contribution in [3.05, 3.63) is 65.1 Å². The number of nitrogens with one attached hydrogen (secondary N) is 1. The number of rotatable bonds is 4. The Morgan fingerprint density at radius 2 is 1.70 bits per heavy atom. The molecule has 4 nitrogen and oxygen atoms in total. The summed E-state index contributed by atoms with van der Waals surface area (Å²) in [5.41, 5.74) is 0.509. The third kappa shape index (κ3) is 3.48. The molecule has 0 aliphatic heterocycles. The molecule has 0 unspecified atom stereocenters. The van der Waals surface area contributed by atoms with Crippen LogP contribution in [0.3, 0.4) is 0 Å². The van der Waals surface area contributed by atoms with Crippen molar-refractivity contribution in [1.82, 2.24) is 0 Å². The minimum absolute atomic E-state index is 0.218. The zero-order valence-corrected chi connectivity index (χ0v) is 14.7. The summed E-state index contributed by atoms with van der Waals surface area (Å²) in [6.07, 6.45) is 0. The third-order valence-corrected chi connectivity index (χ3v) is 5.28. The minimum Gasteiger partial charge on any atom is -0.497 e. The van der Waals surface area contributed by atoms with Crippen molar-refractivity contribution in [2.24, 2.45) is 0 Å². The van der Waals surface area contributed by atoms with Gasteiger partial charge in [-0.15, -0.1) is 0 Å².